The van der Waals surface area contributed by atoms with Crippen molar-refractivity contribution in [2.45, 2.75) is 18.7 Å². The number of rotatable bonds is 7. The van der Waals surface area contributed by atoms with E-state index in [-0.39, 0.29) is 15.5 Å². The van der Waals surface area contributed by atoms with Crippen LogP contribution in [0.3, 0.4) is 0 Å². The zero-order valence-electron chi connectivity index (χ0n) is 15.9. The van der Waals surface area contributed by atoms with Crippen LogP contribution < -0.4 is 10.2 Å². The Morgan fingerprint density at radius 3 is 2.30 bits per heavy atom. The van der Waals surface area contributed by atoms with E-state index in [9.17, 15) is 13.2 Å². The molecule has 6 nitrogen and oxygen atoms in total. The van der Waals surface area contributed by atoms with Gasteiger partial charge in [0.25, 0.3) is 5.91 Å². The molecule has 2 rings (SSSR count). The van der Waals surface area contributed by atoms with E-state index in [0.717, 1.165) is 5.69 Å². The first-order valence-corrected chi connectivity index (χ1v) is 10.4. The van der Waals surface area contributed by atoms with E-state index in [4.69, 9.17) is 11.6 Å². The number of hydrogen-bond acceptors (Lipinski definition) is 4. The van der Waals surface area contributed by atoms with Gasteiger partial charge in [-0.3, -0.25) is 4.79 Å². The van der Waals surface area contributed by atoms with E-state index in [0.29, 0.717) is 18.8 Å². The summed E-state index contributed by atoms with van der Waals surface area (Å²) >= 11 is 6.18. The molecule has 1 N–H and O–H groups in total. The van der Waals surface area contributed by atoms with Crippen LogP contribution in [0.2, 0.25) is 5.02 Å². The molecular weight excluding hydrogens is 386 g/mol. The second kappa shape index (κ2) is 8.73. The van der Waals surface area contributed by atoms with Crippen LogP contribution in [0.4, 0.5) is 11.4 Å². The van der Waals surface area contributed by atoms with Crippen LogP contribution in [0.15, 0.2) is 47.4 Å². The number of hydrogen-bond donors (Lipinski definition) is 1. The van der Waals surface area contributed by atoms with Gasteiger partial charge in [-0.25, -0.2) is 8.42 Å². The van der Waals surface area contributed by atoms with Gasteiger partial charge >= 0.3 is 0 Å². The number of carbonyl (C=O) groups excluding carboxylic acids is 1. The number of para-hydroxylation sites is 2. The van der Waals surface area contributed by atoms with Gasteiger partial charge in [0.2, 0.25) is 10.0 Å². The van der Waals surface area contributed by atoms with Crippen LogP contribution in [-0.2, 0) is 10.0 Å². The Balaban J connectivity index is 2.41. The lowest BCUT2D eigenvalue weighted by Crippen LogP contribution is -2.30. The summed E-state index contributed by atoms with van der Waals surface area (Å²) in [5.41, 5.74) is 1.55. The number of anilines is 2. The molecule has 0 spiro atoms. The molecule has 8 heteroatoms. The highest BCUT2D eigenvalue weighted by atomic mass is 35.5. The quantitative estimate of drug-likeness (QED) is 0.757. The minimum absolute atomic E-state index is 0.0432. The number of sulfonamides is 1. The molecule has 0 aliphatic heterocycles. The standard InChI is InChI=1S/C19H24ClN3O3S/c1-5-23(6-2)27(25,26)14-11-12-16(20)15(13-14)19(24)21-17-9-7-8-10-18(17)22(3)4/h7-13H,5-6H2,1-4H3,(H,21,24). The number of nitrogens with zero attached hydrogens (tertiary/aromatic N) is 2. The third-order valence-corrected chi connectivity index (χ3v) is 6.54. The molecule has 27 heavy (non-hydrogen) atoms. The Morgan fingerprint density at radius 2 is 1.70 bits per heavy atom. The number of amides is 1. The lowest BCUT2D eigenvalue weighted by molar-refractivity contribution is 0.102. The summed E-state index contributed by atoms with van der Waals surface area (Å²) in [5.74, 6) is -0.467. The Hall–Kier alpha value is -2.09. The molecule has 0 saturated carbocycles. The molecule has 0 aromatic heterocycles. The van der Waals surface area contributed by atoms with Crippen molar-refractivity contribution in [3.8, 4) is 0 Å². The van der Waals surface area contributed by atoms with Gasteiger partial charge < -0.3 is 10.2 Å². The van der Waals surface area contributed by atoms with Gasteiger partial charge in [0, 0.05) is 27.2 Å². The maximum Gasteiger partial charge on any atom is 0.257 e. The van der Waals surface area contributed by atoms with Crippen molar-refractivity contribution in [1.82, 2.24) is 4.31 Å². The van der Waals surface area contributed by atoms with Gasteiger partial charge in [-0.1, -0.05) is 37.6 Å². The van der Waals surface area contributed by atoms with Crippen LogP contribution in [0.1, 0.15) is 24.2 Å². The van der Waals surface area contributed by atoms with Gasteiger partial charge in [-0.2, -0.15) is 4.31 Å². The fourth-order valence-electron chi connectivity index (χ4n) is 2.71. The maximum atomic E-state index is 12.8. The summed E-state index contributed by atoms with van der Waals surface area (Å²) in [7, 11) is 0.0586. The summed E-state index contributed by atoms with van der Waals surface area (Å²) in [6.45, 7) is 4.23. The zero-order valence-corrected chi connectivity index (χ0v) is 17.4. The molecule has 2 aromatic rings. The van der Waals surface area contributed by atoms with Gasteiger partial charge in [0.05, 0.1) is 26.9 Å². The molecule has 0 unspecified atom stereocenters. The summed E-state index contributed by atoms with van der Waals surface area (Å²) < 4.78 is 26.8. The van der Waals surface area contributed by atoms with Crippen molar-refractivity contribution in [2.24, 2.45) is 0 Å². The maximum absolute atomic E-state index is 12.8. The average molecular weight is 410 g/mol. The van der Waals surface area contributed by atoms with E-state index in [1.54, 1.807) is 19.9 Å². The third-order valence-electron chi connectivity index (χ3n) is 4.16. The molecule has 2 aromatic carbocycles. The minimum atomic E-state index is -3.68. The monoisotopic (exact) mass is 409 g/mol. The second-order valence-corrected chi connectivity index (χ2v) is 8.44. The molecule has 0 bridgehead atoms. The number of halogens is 1. The zero-order chi connectivity index (χ0) is 20.2. The molecule has 0 heterocycles. The highest BCUT2D eigenvalue weighted by Crippen LogP contribution is 2.27. The molecule has 0 aliphatic carbocycles. The highest BCUT2D eigenvalue weighted by molar-refractivity contribution is 7.89. The van der Waals surface area contributed by atoms with E-state index >= 15 is 0 Å². The summed E-state index contributed by atoms with van der Waals surface area (Å²) in [4.78, 5) is 14.7. The molecule has 0 atom stereocenters. The van der Waals surface area contributed by atoms with E-state index in [1.165, 1.54) is 22.5 Å². The molecule has 1 amide bonds. The van der Waals surface area contributed by atoms with Crippen LogP contribution in [0.25, 0.3) is 0 Å². The van der Waals surface area contributed by atoms with Gasteiger partial charge in [-0.05, 0) is 30.3 Å². The molecule has 0 aliphatic rings. The minimum Gasteiger partial charge on any atom is -0.376 e. The van der Waals surface area contributed by atoms with Crippen LogP contribution in [-0.4, -0.2) is 45.8 Å². The predicted molar refractivity (Wildman–Crippen MR) is 110 cm³/mol. The normalized spacial score (nSPS) is 11.5. The van der Waals surface area contributed by atoms with E-state index < -0.39 is 15.9 Å². The summed E-state index contributed by atoms with van der Waals surface area (Å²) in [5, 5.41) is 3.00. The van der Waals surface area contributed by atoms with Crippen molar-refractivity contribution in [3.05, 3.63) is 53.1 Å². The number of carbonyl (C=O) groups is 1. The molecule has 0 radical (unpaired) electrons. The van der Waals surface area contributed by atoms with E-state index in [2.05, 4.69) is 5.32 Å². The van der Waals surface area contributed by atoms with Crippen molar-refractivity contribution in [2.75, 3.05) is 37.4 Å². The van der Waals surface area contributed by atoms with Gasteiger partial charge in [0.15, 0.2) is 0 Å². The lowest BCUT2D eigenvalue weighted by Gasteiger charge is -2.20. The Morgan fingerprint density at radius 1 is 1.07 bits per heavy atom. The number of nitrogens with one attached hydrogen (secondary N) is 1. The van der Waals surface area contributed by atoms with E-state index in [1.807, 2.05) is 37.2 Å². The van der Waals surface area contributed by atoms with Crippen molar-refractivity contribution in [1.29, 1.82) is 0 Å². The third kappa shape index (κ3) is 4.61. The van der Waals surface area contributed by atoms with Crippen LogP contribution >= 0.6 is 11.6 Å². The Kier molecular flexibility index (Phi) is 6.86. The fraction of sp³-hybridized carbons (Fsp3) is 0.316. The lowest BCUT2D eigenvalue weighted by atomic mass is 10.2. The predicted octanol–water partition coefficient (Wildman–Crippen LogP) is 3.69. The molecule has 0 fully saturated rings. The molecule has 146 valence electrons. The fourth-order valence-corrected chi connectivity index (χ4v) is 4.40. The number of benzene rings is 2. The first-order valence-electron chi connectivity index (χ1n) is 8.59. The Labute approximate surface area is 165 Å². The molecule has 0 saturated heterocycles. The van der Waals surface area contributed by atoms with Crippen molar-refractivity contribution < 1.29 is 13.2 Å². The van der Waals surface area contributed by atoms with Crippen LogP contribution in [0.5, 0.6) is 0 Å². The smallest absolute Gasteiger partial charge is 0.257 e. The summed E-state index contributed by atoms with van der Waals surface area (Å²) in [6, 6.07) is 11.5. The SMILES string of the molecule is CCN(CC)S(=O)(=O)c1ccc(Cl)c(C(=O)Nc2ccccc2N(C)C)c1. The van der Waals surface area contributed by atoms with Gasteiger partial charge in [0.1, 0.15) is 0 Å². The Bertz CT molecular complexity index is 926. The average Bonchev–Trinajstić information content (AvgIpc) is 2.62. The second-order valence-electron chi connectivity index (χ2n) is 6.10. The first-order chi connectivity index (χ1) is 12.7. The first kappa shape index (κ1) is 21.2. The topological polar surface area (TPSA) is 69.7 Å². The highest BCUT2D eigenvalue weighted by Gasteiger charge is 2.24. The largest absolute Gasteiger partial charge is 0.376 e. The van der Waals surface area contributed by atoms with Crippen LogP contribution in [0, 0.1) is 0 Å². The van der Waals surface area contributed by atoms with Crippen molar-refractivity contribution in [3.63, 3.8) is 0 Å². The molecular formula is C19H24ClN3O3S. The van der Waals surface area contributed by atoms with Gasteiger partial charge in [-0.15, -0.1) is 0 Å². The van der Waals surface area contributed by atoms with Crippen molar-refractivity contribution >= 4 is 38.9 Å². The summed E-state index contributed by atoms with van der Waals surface area (Å²) in [6.07, 6.45) is 0.